The fourth-order valence-electron chi connectivity index (χ4n) is 2.75. The number of hydrogen-bond donors (Lipinski definition) is 0. The van der Waals surface area contributed by atoms with Gasteiger partial charge in [0.2, 0.25) is 0 Å². The lowest BCUT2D eigenvalue weighted by Gasteiger charge is -2.36. The minimum absolute atomic E-state index is 0.185. The van der Waals surface area contributed by atoms with Crippen LogP contribution in [0.1, 0.15) is 18.9 Å². The largest absolute Gasteiger partial charge is 0.303 e. The summed E-state index contributed by atoms with van der Waals surface area (Å²) in [5, 5.41) is 3.72. The van der Waals surface area contributed by atoms with Gasteiger partial charge < -0.3 is 4.90 Å². The highest BCUT2D eigenvalue weighted by Crippen LogP contribution is 2.23. The topological polar surface area (TPSA) is 52.0 Å². The van der Waals surface area contributed by atoms with Crippen LogP contribution in [0.3, 0.4) is 0 Å². The van der Waals surface area contributed by atoms with Crippen LogP contribution in [0.15, 0.2) is 29.4 Å². The van der Waals surface area contributed by atoms with Crippen LogP contribution in [0, 0.1) is 17.7 Å². The van der Waals surface area contributed by atoms with Gasteiger partial charge in [-0.1, -0.05) is 24.2 Å². The number of halogens is 1. The summed E-state index contributed by atoms with van der Waals surface area (Å²) in [4.78, 5) is 5.28. The average Bonchev–Trinajstić information content (AvgIpc) is 2.46. The molecule has 0 amide bonds. The molecule has 1 aromatic carbocycles. The Morgan fingerprint density at radius 3 is 2.85 bits per heavy atom. The summed E-state index contributed by atoms with van der Waals surface area (Å²) in [6, 6.07) is 6.72. The Morgan fingerprint density at radius 2 is 2.15 bits per heavy atom. The lowest BCUT2D eigenvalue weighted by atomic mass is 9.87. The molecule has 1 saturated heterocycles. The molecule has 108 valence electrons. The molecular weight excluding hydrogens is 255 g/mol. The van der Waals surface area contributed by atoms with Crippen LogP contribution < -0.4 is 0 Å². The van der Waals surface area contributed by atoms with Gasteiger partial charge in [0.25, 0.3) is 0 Å². The Labute approximate surface area is 119 Å². The van der Waals surface area contributed by atoms with Crippen molar-refractivity contribution in [2.75, 3.05) is 26.2 Å². The summed E-state index contributed by atoms with van der Waals surface area (Å²) in [6.45, 7) is 5.88. The number of likely N-dealkylation sites (tertiary alicyclic amines) is 1. The van der Waals surface area contributed by atoms with Crippen LogP contribution in [-0.4, -0.2) is 31.1 Å². The molecule has 1 heterocycles. The van der Waals surface area contributed by atoms with Gasteiger partial charge in [-0.2, -0.15) is 0 Å². The summed E-state index contributed by atoms with van der Waals surface area (Å²) in [7, 11) is 0. The van der Waals surface area contributed by atoms with Crippen molar-refractivity contribution < 1.29 is 4.39 Å². The van der Waals surface area contributed by atoms with Gasteiger partial charge >= 0.3 is 0 Å². The molecular formula is C15H21FN4. The number of rotatable bonds is 5. The van der Waals surface area contributed by atoms with E-state index in [9.17, 15) is 4.39 Å². The molecule has 2 atom stereocenters. The fourth-order valence-corrected chi connectivity index (χ4v) is 2.75. The fraction of sp³-hybridized carbons (Fsp3) is 0.600. The van der Waals surface area contributed by atoms with Gasteiger partial charge in [-0.05, 0) is 54.4 Å². The molecule has 0 bridgehead atoms. The highest BCUT2D eigenvalue weighted by molar-refractivity contribution is 5.16. The Kier molecular flexibility index (Phi) is 5.39. The molecule has 0 aromatic heterocycles. The lowest BCUT2D eigenvalue weighted by Crippen LogP contribution is -2.41. The molecule has 1 fully saturated rings. The van der Waals surface area contributed by atoms with E-state index in [1.54, 1.807) is 0 Å². The van der Waals surface area contributed by atoms with E-state index in [2.05, 4.69) is 21.8 Å². The molecule has 0 aliphatic carbocycles. The Morgan fingerprint density at radius 1 is 1.40 bits per heavy atom. The number of nitrogens with zero attached hydrogens (tertiary/aromatic N) is 4. The van der Waals surface area contributed by atoms with Crippen molar-refractivity contribution in [3.8, 4) is 0 Å². The van der Waals surface area contributed by atoms with E-state index in [4.69, 9.17) is 5.53 Å². The third-order valence-corrected chi connectivity index (χ3v) is 4.21. The maximum absolute atomic E-state index is 12.8. The zero-order valence-corrected chi connectivity index (χ0v) is 11.9. The standard InChI is InChI=1S/C15H21FN4/c1-12-6-8-20(11-14(12)10-18-19-17)9-7-13-2-4-15(16)5-3-13/h2-5,12,14H,6-11H2,1H3/t12-,14-/m0/s1. The van der Waals surface area contributed by atoms with Crippen molar-refractivity contribution in [2.24, 2.45) is 17.0 Å². The second-order valence-electron chi connectivity index (χ2n) is 5.62. The second kappa shape index (κ2) is 7.27. The minimum Gasteiger partial charge on any atom is -0.303 e. The molecule has 20 heavy (non-hydrogen) atoms. The Balaban J connectivity index is 1.83. The van der Waals surface area contributed by atoms with Crippen molar-refractivity contribution in [3.63, 3.8) is 0 Å². The molecule has 4 nitrogen and oxygen atoms in total. The van der Waals surface area contributed by atoms with Crippen LogP contribution in [0.2, 0.25) is 0 Å². The number of azide groups is 1. The highest BCUT2D eigenvalue weighted by Gasteiger charge is 2.25. The summed E-state index contributed by atoms with van der Waals surface area (Å²) in [5.41, 5.74) is 9.60. The van der Waals surface area contributed by atoms with Gasteiger partial charge in [-0.15, -0.1) is 0 Å². The first-order chi connectivity index (χ1) is 9.69. The number of benzene rings is 1. The summed E-state index contributed by atoms with van der Waals surface area (Å²) in [5.74, 6) is 0.880. The maximum Gasteiger partial charge on any atom is 0.123 e. The molecule has 2 rings (SSSR count). The predicted octanol–water partition coefficient (Wildman–Crippen LogP) is 3.64. The molecule has 1 aliphatic rings. The maximum atomic E-state index is 12.8. The molecule has 0 radical (unpaired) electrons. The molecule has 0 spiro atoms. The molecule has 5 heteroatoms. The van der Waals surface area contributed by atoms with Crippen LogP contribution in [0.5, 0.6) is 0 Å². The molecule has 0 unspecified atom stereocenters. The normalized spacial score (nSPS) is 23.3. The smallest absolute Gasteiger partial charge is 0.123 e. The minimum atomic E-state index is -0.185. The van der Waals surface area contributed by atoms with E-state index >= 15 is 0 Å². The third-order valence-electron chi connectivity index (χ3n) is 4.21. The first-order valence-corrected chi connectivity index (χ1v) is 7.16. The first-order valence-electron chi connectivity index (χ1n) is 7.16. The lowest BCUT2D eigenvalue weighted by molar-refractivity contribution is 0.134. The first kappa shape index (κ1) is 14.8. The van der Waals surface area contributed by atoms with Crippen LogP contribution >= 0.6 is 0 Å². The van der Waals surface area contributed by atoms with E-state index < -0.39 is 0 Å². The van der Waals surface area contributed by atoms with Crippen molar-refractivity contribution >= 4 is 0 Å². The SMILES string of the molecule is C[C@H]1CCN(CCc2ccc(F)cc2)C[C@@H]1CN=[N+]=[N-]. The van der Waals surface area contributed by atoms with Crippen molar-refractivity contribution in [1.82, 2.24) is 4.90 Å². The van der Waals surface area contributed by atoms with Crippen molar-refractivity contribution in [1.29, 1.82) is 0 Å². The van der Waals surface area contributed by atoms with E-state index in [1.165, 1.54) is 12.1 Å². The monoisotopic (exact) mass is 276 g/mol. The van der Waals surface area contributed by atoms with Gasteiger partial charge in [0, 0.05) is 24.5 Å². The quantitative estimate of drug-likeness (QED) is 0.460. The number of hydrogen-bond acceptors (Lipinski definition) is 2. The zero-order chi connectivity index (χ0) is 14.4. The zero-order valence-electron chi connectivity index (χ0n) is 11.9. The van der Waals surface area contributed by atoms with Crippen molar-refractivity contribution in [3.05, 3.63) is 46.1 Å². The Bertz CT molecular complexity index is 467. The highest BCUT2D eigenvalue weighted by atomic mass is 19.1. The van der Waals surface area contributed by atoms with Crippen LogP contribution in [0.4, 0.5) is 4.39 Å². The molecule has 1 aliphatic heterocycles. The summed E-state index contributed by atoms with van der Waals surface area (Å²) >= 11 is 0. The van der Waals surface area contributed by atoms with Gasteiger partial charge in [-0.3, -0.25) is 0 Å². The summed E-state index contributed by atoms with van der Waals surface area (Å²) in [6.07, 6.45) is 2.08. The predicted molar refractivity (Wildman–Crippen MR) is 77.8 cm³/mol. The number of piperidine rings is 1. The van der Waals surface area contributed by atoms with Crippen LogP contribution in [-0.2, 0) is 6.42 Å². The van der Waals surface area contributed by atoms with E-state index in [0.29, 0.717) is 18.4 Å². The van der Waals surface area contributed by atoms with Gasteiger partial charge in [0.1, 0.15) is 5.82 Å². The Hall–Kier alpha value is -1.58. The van der Waals surface area contributed by atoms with Crippen molar-refractivity contribution in [2.45, 2.75) is 19.8 Å². The van der Waals surface area contributed by atoms with E-state index in [0.717, 1.165) is 38.0 Å². The van der Waals surface area contributed by atoms with E-state index in [1.807, 2.05) is 12.1 Å². The third kappa shape index (κ3) is 4.22. The summed E-state index contributed by atoms with van der Waals surface area (Å²) < 4.78 is 12.8. The van der Waals surface area contributed by atoms with E-state index in [-0.39, 0.29) is 5.82 Å². The van der Waals surface area contributed by atoms with Gasteiger partial charge in [0.05, 0.1) is 0 Å². The van der Waals surface area contributed by atoms with Gasteiger partial charge in [-0.25, -0.2) is 4.39 Å². The van der Waals surface area contributed by atoms with Crippen LogP contribution in [0.25, 0.3) is 10.4 Å². The second-order valence-corrected chi connectivity index (χ2v) is 5.62. The van der Waals surface area contributed by atoms with Gasteiger partial charge in [0.15, 0.2) is 0 Å². The molecule has 0 N–H and O–H groups in total. The molecule has 0 saturated carbocycles. The molecule has 1 aromatic rings. The average molecular weight is 276 g/mol.